The minimum atomic E-state index is -0.161. The molecule has 6 nitrogen and oxygen atoms in total. The molecule has 5 aromatic rings. The molecule has 1 atom stereocenters. The van der Waals surface area contributed by atoms with E-state index in [4.69, 9.17) is 4.98 Å². The highest BCUT2D eigenvalue weighted by molar-refractivity contribution is 6.07. The molecule has 0 saturated heterocycles. The van der Waals surface area contributed by atoms with E-state index in [1.165, 1.54) is 0 Å². The van der Waals surface area contributed by atoms with Gasteiger partial charge in [-0.15, -0.1) is 0 Å². The SMILES string of the molecule is CCn1cc(-c2cc(C(=O)NC(C)c3cccc(-n4cccc4)c3)c3ccccc3n2)cn1. The summed E-state index contributed by atoms with van der Waals surface area (Å²) < 4.78 is 3.91. The van der Waals surface area contributed by atoms with Crippen molar-refractivity contribution in [3.05, 3.63) is 103 Å². The minimum absolute atomic E-state index is 0.128. The zero-order chi connectivity index (χ0) is 22.8. The molecule has 2 aromatic carbocycles. The molecule has 0 saturated carbocycles. The second-order valence-corrected chi connectivity index (χ2v) is 8.04. The lowest BCUT2D eigenvalue weighted by Crippen LogP contribution is -2.27. The van der Waals surface area contributed by atoms with Gasteiger partial charge in [-0.1, -0.05) is 30.3 Å². The Bertz CT molecular complexity index is 1420. The van der Waals surface area contributed by atoms with E-state index in [2.05, 4.69) is 27.1 Å². The molecule has 0 bridgehead atoms. The summed E-state index contributed by atoms with van der Waals surface area (Å²) in [7, 11) is 0. The number of benzene rings is 2. The first-order valence-corrected chi connectivity index (χ1v) is 11.1. The molecule has 0 radical (unpaired) electrons. The van der Waals surface area contributed by atoms with Gasteiger partial charge in [0.1, 0.15) is 0 Å². The summed E-state index contributed by atoms with van der Waals surface area (Å²) >= 11 is 0. The van der Waals surface area contributed by atoms with Crippen LogP contribution in [0.3, 0.4) is 0 Å². The van der Waals surface area contributed by atoms with Crippen LogP contribution in [0.1, 0.15) is 35.8 Å². The van der Waals surface area contributed by atoms with Crippen LogP contribution in [0.5, 0.6) is 0 Å². The summed E-state index contributed by atoms with van der Waals surface area (Å²) in [6, 6.07) is 21.6. The lowest BCUT2D eigenvalue weighted by Gasteiger charge is -2.17. The van der Waals surface area contributed by atoms with Gasteiger partial charge in [0, 0.05) is 41.8 Å². The van der Waals surface area contributed by atoms with Crippen molar-refractivity contribution in [2.45, 2.75) is 26.4 Å². The minimum Gasteiger partial charge on any atom is -0.345 e. The van der Waals surface area contributed by atoms with E-state index in [0.717, 1.165) is 40.0 Å². The predicted octanol–water partition coefficient (Wildman–Crippen LogP) is 5.40. The van der Waals surface area contributed by atoms with E-state index in [9.17, 15) is 4.79 Å². The molecule has 1 amide bonds. The third-order valence-electron chi connectivity index (χ3n) is 5.83. The third kappa shape index (κ3) is 4.15. The van der Waals surface area contributed by atoms with Crippen molar-refractivity contribution in [3.8, 4) is 16.9 Å². The Morgan fingerprint density at radius 3 is 2.64 bits per heavy atom. The maximum atomic E-state index is 13.4. The number of rotatable bonds is 6. The number of nitrogens with zero attached hydrogens (tertiary/aromatic N) is 4. The first-order chi connectivity index (χ1) is 16.1. The maximum Gasteiger partial charge on any atom is 0.252 e. The largest absolute Gasteiger partial charge is 0.345 e. The van der Waals surface area contributed by atoms with Crippen molar-refractivity contribution in [1.29, 1.82) is 0 Å². The van der Waals surface area contributed by atoms with E-state index in [1.807, 2.05) is 91.7 Å². The lowest BCUT2D eigenvalue weighted by molar-refractivity contribution is 0.0941. The van der Waals surface area contributed by atoms with Crippen molar-refractivity contribution in [2.24, 2.45) is 0 Å². The molecule has 0 aliphatic carbocycles. The molecular formula is C27H25N5O. The van der Waals surface area contributed by atoms with E-state index in [1.54, 1.807) is 6.20 Å². The number of amides is 1. The molecule has 3 heterocycles. The summed E-state index contributed by atoms with van der Waals surface area (Å²) in [4.78, 5) is 18.2. The Labute approximate surface area is 192 Å². The highest BCUT2D eigenvalue weighted by Gasteiger charge is 2.17. The van der Waals surface area contributed by atoms with Crippen LogP contribution in [0.2, 0.25) is 0 Å². The van der Waals surface area contributed by atoms with E-state index in [-0.39, 0.29) is 11.9 Å². The van der Waals surface area contributed by atoms with Crippen molar-refractivity contribution in [2.75, 3.05) is 0 Å². The molecule has 164 valence electrons. The Hall–Kier alpha value is -4.19. The first kappa shape index (κ1) is 20.7. The number of carbonyl (C=O) groups is 1. The quantitative estimate of drug-likeness (QED) is 0.388. The van der Waals surface area contributed by atoms with Crippen LogP contribution in [0.25, 0.3) is 27.8 Å². The van der Waals surface area contributed by atoms with Gasteiger partial charge in [0.2, 0.25) is 0 Å². The Kier molecular flexibility index (Phi) is 5.48. The van der Waals surface area contributed by atoms with Gasteiger partial charge in [0.25, 0.3) is 5.91 Å². The Morgan fingerprint density at radius 1 is 1.03 bits per heavy atom. The monoisotopic (exact) mass is 435 g/mol. The van der Waals surface area contributed by atoms with Crippen LogP contribution in [-0.4, -0.2) is 25.2 Å². The summed E-state index contributed by atoms with van der Waals surface area (Å²) in [5.74, 6) is -0.128. The van der Waals surface area contributed by atoms with Gasteiger partial charge < -0.3 is 9.88 Å². The van der Waals surface area contributed by atoms with Gasteiger partial charge in [-0.3, -0.25) is 9.48 Å². The van der Waals surface area contributed by atoms with Crippen LogP contribution in [-0.2, 0) is 6.54 Å². The second-order valence-electron chi connectivity index (χ2n) is 8.04. The zero-order valence-corrected chi connectivity index (χ0v) is 18.6. The highest BCUT2D eigenvalue weighted by Crippen LogP contribution is 2.26. The summed E-state index contributed by atoms with van der Waals surface area (Å²) in [6.07, 6.45) is 7.76. The number of aromatic nitrogens is 4. The topological polar surface area (TPSA) is 64.7 Å². The fourth-order valence-corrected chi connectivity index (χ4v) is 4.00. The average molecular weight is 436 g/mol. The fraction of sp³-hybridized carbons (Fsp3) is 0.148. The molecular weight excluding hydrogens is 410 g/mol. The number of hydrogen-bond acceptors (Lipinski definition) is 3. The first-order valence-electron chi connectivity index (χ1n) is 11.1. The molecule has 0 aliphatic rings. The summed E-state index contributed by atoms with van der Waals surface area (Å²) in [6.45, 7) is 4.82. The Morgan fingerprint density at radius 2 is 1.85 bits per heavy atom. The number of carbonyl (C=O) groups excluding carboxylic acids is 1. The number of pyridine rings is 1. The average Bonchev–Trinajstić information content (AvgIpc) is 3.56. The molecule has 5 rings (SSSR count). The van der Waals surface area contributed by atoms with Gasteiger partial charge in [0.15, 0.2) is 0 Å². The summed E-state index contributed by atoms with van der Waals surface area (Å²) in [5.41, 5.74) is 5.12. The van der Waals surface area contributed by atoms with E-state index in [0.29, 0.717) is 5.56 Å². The van der Waals surface area contributed by atoms with Gasteiger partial charge in [-0.05, 0) is 55.8 Å². The smallest absolute Gasteiger partial charge is 0.252 e. The van der Waals surface area contributed by atoms with Crippen LogP contribution < -0.4 is 5.32 Å². The normalized spacial score (nSPS) is 12.1. The van der Waals surface area contributed by atoms with Crippen molar-refractivity contribution in [3.63, 3.8) is 0 Å². The van der Waals surface area contributed by atoms with Gasteiger partial charge in [-0.25, -0.2) is 4.98 Å². The van der Waals surface area contributed by atoms with E-state index >= 15 is 0 Å². The van der Waals surface area contributed by atoms with Crippen molar-refractivity contribution >= 4 is 16.8 Å². The molecule has 0 fully saturated rings. The molecule has 33 heavy (non-hydrogen) atoms. The predicted molar refractivity (Wildman–Crippen MR) is 130 cm³/mol. The fourth-order valence-electron chi connectivity index (χ4n) is 4.00. The van der Waals surface area contributed by atoms with Crippen molar-refractivity contribution in [1.82, 2.24) is 24.6 Å². The number of aryl methyl sites for hydroxylation is 1. The highest BCUT2D eigenvalue weighted by atomic mass is 16.1. The van der Waals surface area contributed by atoms with Crippen LogP contribution >= 0.6 is 0 Å². The molecule has 6 heteroatoms. The van der Waals surface area contributed by atoms with Crippen molar-refractivity contribution < 1.29 is 4.79 Å². The number of hydrogen-bond donors (Lipinski definition) is 1. The van der Waals surface area contributed by atoms with Gasteiger partial charge in [0.05, 0.1) is 29.0 Å². The van der Waals surface area contributed by atoms with Gasteiger partial charge in [-0.2, -0.15) is 5.10 Å². The van der Waals surface area contributed by atoms with E-state index < -0.39 is 0 Å². The number of para-hydroxylation sites is 1. The van der Waals surface area contributed by atoms with Crippen LogP contribution in [0, 0.1) is 0 Å². The number of nitrogens with one attached hydrogen (secondary N) is 1. The zero-order valence-electron chi connectivity index (χ0n) is 18.6. The van der Waals surface area contributed by atoms with Gasteiger partial charge >= 0.3 is 0 Å². The third-order valence-corrected chi connectivity index (χ3v) is 5.83. The molecule has 1 unspecified atom stereocenters. The molecule has 3 aromatic heterocycles. The molecule has 1 N–H and O–H groups in total. The lowest BCUT2D eigenvalue weighted by atomic mass is 10.0. The van der Waals surface area contributed by atoms with Crippen LogP contribution in [0.4, 0.5) is 0 Å². The Balaban J connectivity index is 1.47. The standard InChI is InChI=1S/C27H25N5O/c1-3-32-18-21(17-28-32)26-16-24(23-11-4-5-12-25(23)30-26)27(33)29-19(2)20-9-8-10-22(15-20)31-13-6-7-14-31/h4-19H,3H2,1-2H3,(H,29,33). The maximum absolute atomic E-state index is 13.4. The summed E-state index contributed by atoms with van der Waals surface area (Å²) in [5, 5.41) is 8.36. The second kappa shape index (κ2) is 8.74. The van der Waals surface area contributed by atoms with Crippen LogP contribution in [0.15, 0.2) is 91.5 Å². The molecule has 0 aliphatic heterocycles. The number of fused-ring (bicyclic) bond motifs is 1. The molecule has 0 spiro atoms.